The number of nitrogens with zero attached hydrogens (tertiary/aromatic N) is 1. The lowest BCUT2D eigenvalue weighted by molar-refractivity contribution is 0.186. The van der Waals surface area contributed by atoms with E-state index < -0.39 is 18.2 Å². The molecular weight excluding hydrogens is 364 g/mol. The van der Waals surface area contributed by atoms with Gasteiger partial charge >= 0.3 is 12.2 Å². The van der Waals surface area contributed by atoms with Crippen LogP contribution in [0.25, 0.3) is 11.1 Å². The highest BCUT2D eigenvalue weighted by molar-refractivity contribution is 5.87. The van der Waals surface area contributed by atoms with Gasteiger partial charge in [-0.3, -0.25) is 5.32 Å². The molecule has 28 heavy (non-hydrogen) atoms. The van der Waals surface area contributed by atoms with E-state index in [-0.39, 0.29) is 0 Å². The number of amides is 2. The molecule has 0 spiro atoms. The van der Waals surface area contributed by atoms with Crippen molar-refractivity contribution in [3.63, 3.8) is 0 Å². The summed E-state index contributed by atoms with van der Waals surface area (Å²) in [6.45, 7) is 3.66. The number of pyridine rings is 1. The van der Waals surface area contributed by atoms with Crippen LogP contribution < -0.4 is 21.1 Å². The second kappa shape index (κ2) is 9.26. The molecule has 0 fully saturated rings. The number of hydrogen-bond acceptors (Lipinski definition) is 6. The highest BCUT2D eigenvalue weighted by Crippen LogP contribution is 2.33. The second-order valence-corrected chi connectivity index (χ2v) is 5.77. The average molecular weight is 386 g/mol. The smallest absolute Gasteiger partial charge is 0.411 e. The largest absolute Gasteiger partial charge is 0.481 e. The average Bonchev–Trinajstić information content (AvgIpc) is 2.67. The molecule has 2 amide bonds. The summed E-state index contributed by atoms with van der Waals surface area (Å²) in [5.41, 5.74) is 8.90. The maximum Gasteiger partial charge on any atom is 0.411 e. The van der Waals surface area contributed by atoms with Crippen LogP contribution in [0.5, 0.6) is 5.88 Å². The number of hydrogen-bond donors (Lipinski definition) is 4. The Balaban J connectivity index is 2.45. The van der Waals surface area contributed by atoms with E-state index in [1.165, 1.54) is 14.2 Å². The van der Waals surface area contributed by atoms with Gasteiger partial charge in [-0.25, -0.2) is 14.6 Å². The van der Waals surface area contributed by atoms with E-state index in [4.69, 9.17) is 15.6 Å². The molecule has 9 heteroatoms. The molecule has 1 atom stereocenters. The number of nitrogen functional groups attached to an aromatic ring is 1. The van der Waals surface area contributed by atoms with Gasteiger partial charge in [0.1, 0.15) is 0 Å². The SMILES string of the molecule is C=CCC(NC(=O)O)c1cc(-c2ccc(NC(=O)OC)cc2N)cnc1OC. The van der Waals surface area contributed by atoms with E-state index in [1.807, 2.05) is 0 Å². The summed E-state index contributed by atoms with van der Waals surface area (Å²) in [6.07, 6.45) is 1.76. The normalized spacial score (nSPS) is 11.2. The van der Waals surface area contributed by atoms with E-state index in [9.17, 15) is 9.59 Å². The van der Waals surface area contributed by atoms with Gasteiger partial charge in [0.2, 0.25) is 5.88 Å². The van der Waals surface area contributed by atoms with Crippen LogP contribution in [0.2, 0.25) is 0 Å². The number of carbonyl (C=O) groups is 2. The fraction of sp³-hybridized carbons (Fsp3) is 0.211. The van der Waals surface area contributed by atoms with Crippen molar-refractivity contribution in [1.29, 1.82) is 0 Å². The number of methoxy groups -OCH3 is 2. The Hall–Kier alpha value is -3.75. The first-order chi connectivity index (χ1) is 13.4. The van der Waals surface area contributed by atoms with E-state index >= 15 is 0 Å². The summed E-state index contributed by atoms with van der Waals surface area (Å²) in [5.74, 6) is 0.298. The molecule has 5 N–H and O–H groups in total. The topological polar surface area (TPSA) is 136 Å². The predicted octanol–water partition coefficient (Wildman–Crippen LogP) is 3.40. The number of aromatic nitrogens is 1. The molecule has 1 aromatic carbocycles. The quantitative estimate of drug-likeness (QED) is 0.423. The van der Waals surface area contributed by atoms with E-state index in [2.05, 4.69) is 26.9 Å². The van der Waals surface area contributed by atoms with E-state index in [0.717, 1.165) is 0 Å². The Morgan fingerprint density at radius 1 is 1.36 bits per heavy atom. The van der Waals surface area contributed by atoms with Gasteiger partial charge in [0, 0.05) is 34.3 Å². The summed E-state index contributed by atoms with van der Waals surface area (Å²) in [6, 6.07) is 6.16. The lowest BCUT2D eigenvalue weighted by Crippen LogP contribution is -2.27. The standard InChI is InChI=1S/C19H22N4O5/c1-4-5-16(23-18(24)25)14-8-11(10-21-17(14)27-2)13-7-6-12(9-15(13)20)22-19(26)28-3/h4,6-10,16,23H,1,5,20H2,2-3H3,(H,22,26)(H,24,25). The van der Waals surface area contributed by atoms with Gasteiger partial charge in [-0.05, 0) is 24.6 Å². The van der Waals surface area contributed by atoms with Gasteiger partial charge in [-0.2, -0.15) is 0 Å². The van der Waals surface area contributed by atoms with Crippen molar-refractivity contribution in [2.24, 2.45) is 0 Å². The van der Waals surface area contributed by atoms with Crippen molar-refractivity contribution in [2.45, 2.75) is 12.5 Å². The number of carbonyl (C=O) groups excluding carboxylic acids is 1. The number of nitrogens with two attached hydrogens (primary N) is 1. The van der Waals surface area contributed by atoms with E-state index in [0.29, 0.717) is 40.4 Å². The van der Waals surface area contributed by atoms with Crippen LogP contribution >= 0.6 is 0 Å². The van der Waals surface area contributed by atoms with Crippen LogP contribution in [-0.2, 0) is 4.74 Å². The van der Waals surface area contributed by atoms with Crippen LogP contribution in [0.4, 0.5) is 21.0 Å². The number of rotatable bonds is 7. The third-order valence-electron chi connectivity index (χ3n) is 3.94. The Morgan fingerprint density at radius 2 is 2.11 bits per heavy atom. The lowest BCUT2D eigenvalue weighted by Gasteiger charge is -2.19. The van der Waals surface area contributed by atoms with Gasteiger partial charge in [0.25, 0.3) is 0 Å². The molecule has 1 heterocycles. The summed E-state index contributed by atoms with van der Waals surface area (Å²) in [7, 11) is 2.72. The monoisotopic (exact) mass is 386 g/mol. The van der Waals surface area contributed by atoms with Crippen molar-refractivity contribution in [3.8, 4) is 17.0 Å². The third kappa shape index (κ3) is 4.91. The van der Waals surface area contributed by atoms with Crippen LogP contribution in [0.15, 0.2) is 43.1 Å². The van der Waals surface area contributed by atoms with Crippen LogP contribution in [0.3, 0.4) is 0 Å². The minimum Gasteiger partial charge on any atom is -0.481 e. The fourth-order valence-electron chi connectivity index (χ4n) is 2.69. The molecule has 2 rings (SSSR count). The summed E-state index contributed by atoms with van der Waals surface area (Å²) >= 11 is 0. The predicted molar refractivity (Wildman–Crippen MR) is 105 cm³/mol. The number of anilines is 2. The number of carboxylic acid groups (broad SMARTS) is 1. The molecule has 0 bridgehead atoms. The molecule has 1 unspecified atom stereocenters. The fourth-order valence-corrected chi connectivity index (χ4v) is 2.69. The van der Waals surface area contributed by atoms with Crippen molar-refractivity contribution in [3.05, 3.63) is 48.7 Å². The first-order valence-corrected chi connectivity index (χ1v) is 8.28. The molecule has 1 aromatic heterocycles. The maximum atomic E-state index is 11.3. The van der Waals surface area contributed by atoms with Gasteiger partial charge in [0.05, 0.1) is 20.3 Å². The van der Waals surface area contributed by atoms with Gasteiger partial charge < -0.3 is 25.6 Å². The van der Waals surface area contributed by atoms with Gasteiger partial charge in [0.15, 0.2) is 0 Å². The Kier molecular flexibility index (Phi) is 6.80. The van der Waals surface area contributed by atoms with Crippen LogP contribution in [0, 0.1) is 0 Å². The van der Waals surface area contributed by atoms with Crippen molar-refractivity contribution in [1.82, 2.24) is 10.3 Å². The highest BCUT2D eigenvalue weighted by atomic mass is 16.5. The third-order valence-corrected chi connectivity index (χ3v) is 3.94. The first-order valence-electron chi connectivity index (χ1n) is 8.28. The number of ether oxygens (including phenoxy) is 2. The summed E-state index contributed by atoms with van der Waals surface area (Å²) < 4.78 is 9.83. The number of benzene rings is 1. The Labute approximate surface area is 162 Å². The highest BCUT2D eigenvalue weighted by Gasteiger charge is 2.20. The summed E-state index contributed by atoms with van der Waals surface area (Å²) in [4.78, 5) is 26.7. The zero-order valence-corrected chi connectivity index (χ0v) is 15.6. The molecule has 148 valence electrons. The molecule has 0 aliphatic rings. The molecule has 2 aromatic rings. The zero-order valence-electron chi connectivity index (χ0n) is 15.6. The minimum atomic E-state index is -1.17. The number of nitrogens with one attached hydrogen (secondary N) is 2. The zero-order chi connectivity index (χ0) is 20.7. The first kappa shape index (κ1) is 20.6. The van der Waals surface area contributed by atoms with Crippen molar-refractivity contribution >= 4 is 23.6 Å². The molecule has 9 nitrogen and oxygen atoms in total. The minimum absolute atomic E-state index is 0.298. The van der Waals surface area contributed by atoms with Gasteiger partial charge in [-0.1, -0.05) is 12.1 Å². The second-order valence-electron chi connectivity index (χ2n) is 5.77. The van der Waals surface area contributed by atoms with Crippen molar-refractivity contribution in [2.75, 3.05) is 25.3 Å². The summed E-state index contributed by atoms with van der Waals surface area (Å²) in [5, 5.41) is 14.1. The lowest BCUT2D eigenvalue weighted by atomic mass is 9.99. The maximum absolute atomic E-state index is 11.3. The molecule has 0 saturated heterocycles. The van der Waals surface area contributed by atoms with Crippen molar-refractivity contribution < 1.29 is 24.2 Å². The van der Waals surface area contributed by atoms with Gasteiger partial charge in [-0.15, -0.1) is 6.58 Å². The Bertz CT molecular complexity index is 885. The molecule has 0 saturated carbocycles. The Morgan fingerprint density at radius 3 is 2.68 bits per heavy atom. The van der Waals surface area contributed by atoms with E-state index in [1.54, 1.807) is 36.5 Å². The molecule has 0 aliphatic carbocycles. The molecular formula is C19H22N4O5. The van der Waals surface area contributed by atoms with Crippen LogP contribution in [0.1, 0.15) is 18.0 Å². The molecule has 0 radical (unpaired) electrons. The molecule has 0 aliphatic heterocycles. The van der Waals surface area contributed by atoms with Crippen LogP contribution in [-0.4, -0.2) is 36.5 Å².